The molecule has 3 aromatic rings. The first kappa shape index (κ1) is 19.2. The number of hydrogen-bond donors (Lipinski definition) is 0. The van der Waals surface area contributed by atoms with E-state index in [-0.39, 0.29) is 11.9 Å². The predicted molar refractivity (Wildman–Crippen MR) is 110 cm³/mol. The van der Waals surface area contributed by atoms with E-state index in [0.717, 1.165) is 48.3 Å². The zero-order valence-corrected chi connectivity index (χ0v) is 17.0. The molecule has 4 nitrogen and oxygen atoms in total. The first-order valence-electron chi connectivity index (χ1n) is 9.60. The van der Waals surface area contributed by atoms with Crippen LogP contribution in [0.4, 0.5) is 4.39 Å². The molecule has 1 unspecified atom stereocenters. The van der Waals surface area contributed by atoms with Crippen LogP contribution in [-0.4, -0.2) is 27.5 Å². The van der Waals surface area contributed by atoms with E-state index in [0.29, 0.717) is 0 Å². The largest absolute Gasteiger partial charge is 0.376 e. The van der Waals surface area contributed by atoms with Gasteiger partial charge in [-0.2, -0.15) is 0 Å². The van der Waals surface area contributed by atoms with Gasteiger partial charge in [0.1, 0.15) is 5.82 Å². The maximum absolute atomic E-state index is 13.3. The second kappa shape index (κ2) is 8.45. The number of aromatic nitrogens is 3. The highest BCUT2D eigenvalue weighted by Gasteiger charge is 2.22. The maximum atomic E-state index is 13.3. The average Bonchev–Trinajstić information content (AvgIpc) is 3.34. The van der Waals surface area contributed by atoms with Crippen molar-refractivity contribution in [2.45, 2.75) is 50.2 Å². The number of ether oxygens (including phenoxy) is 1. The number of hydrogen-bond acceptors (Lipinski definition) is 4. The molecule has 0 saturated carbocycles. The summed E-state index contributed by atoms with van der Waals surface area (Å²) in [4.78, 5) is 0. The summed E-state index contributed by atoms with van der Waals surface area (Å²) in [7, 11) is 0. The molecule has 6 heteroatoms. The van der Waals surface area contributed by atoms with E-state index in [9.17, 15) is 4.39 Å². The first-order chi connectivity index (χ1) is 13.6. The lowest BCUT2D eigenvalue weighted by Gasteiger charge is -2.15. The van der Waals surface area contributed by atoms with Crippen LogP contribution < -0.4 is 0 Å². The summed E-state index contributed by atoms with van der Waals surface area (Å²) in [6, 6.07) is 13.0. The molecule has 4 rings (SSSR count). The first-order valence-corrected chi connectivity index (χ1v) is 10.6. The van der Waals surface area contributed by atoms with Gasteiger partial charge in [0.2, 0.25) is 0 Å². The van der Waals surface area contributed by atoms with Gasteiger partial charge in [-0.05, 0) is 62.1 Å². The SMILES string of the molecule is Cc1ccc(C)c(CSc2nnc(-c3ccc(F)cc3)n2CC2CCCO2)c1. The van der Waals surface area contributed by atoms with Crippen molar-refractivity contribution in [3.05, 3.63) is 65.0 Å². The minimum atomic E-state index is -0.251. The molecular formula is C22H24FN3OS. The Morgan fingerprint density at radius 2 is 1.96 bits per heavy atom. The third-order valence-electron chi connectivity index (χ3n) is 5.09. The van der Waals surface area contributed by atoms with Gasteiger partial charge in [-0.1, -0.05) is 35.5 Å². The molecule has 0 radical (unpaired) electrons. The van der Waals surface area contributed by atoms with Crippen molar-refractivity contribution in [2.75, 3.05) is 6.61 Å². The molecule has 0 spiro atoms. The maximum Gasteiger partial charge on any atom is 0.191 e. The summed E-state index contributed by atoms with van der Waals surface area (Å²) in [6.07, 6.45) is 2.31. The molecule has 146 valence electrons. The van der Waals surface area contributed by atoms with Crippen LogP contribution in [0, 0.1) is 19.7 Å². The highest BCUT2D eigenvalue weighted by Crippen LogP contribution is 2.29. The fraction of sp³-hybridized carbons (Fsp3) is 0.364. The smallest absolute Gasteiger partial charge is 0.191 e. The van der Waals surface area contributed by atoms with Crippen LogP contribution in [0.3, 0.4) is 0 Å². The van der Waals surface area contributed by atoms with Crippen molar-refractivity contribution >= 4 is 11.8 Å². The van der Waals surface area contributed by atoms with Crippen LogP contribution in [0.2, 0.25) is 0 Å². The lowest BCUT2D eigenvalue weighted by molar-refractivity contribution is 0.0953. The van der Waals surface area contributed by atoms with Gasteiger partial charge < -0.3 is 4.74 Å². The van der Waals surface area contributed by atoms with Crippen LogP contribution in [0.25, 0.3) is 11.4 Å². The molecule has 28 heavy (non-hydrogen) atoms. The number of thioether (sulfide) groups is 1. The standard InChI is InChI=1S/C22H24FN3OS/c1-15-5-6-16(2)18(12-15)14-28-22-25-24-21(17-7-9-19(23)10-8-17)26(22)13-20-4-3-11-27-20/h5-10,12,20H,3-4,11,13-14H2,1-2H3. The molecule has 0 amide bonds. The van der Waals surface area contributed by atoms with Crippen LogP contribution in [0.15, 0.2) is 47.6 Å². The molecule has 1 saturated heterocycles. The highest BCUT2D eigenvalue weighted by molar-refractivity contribution is 7.98. The fourth-order valence-electron chi connectivity index (χ4n) is 3.46. The molecule has 1 atom stereocenters. The van der Waals surface area contributed by atoms with Crippen LogP contribution in [0.5, 0.6) is 0 Å². The van der Waals surface area contributed by atoms with E-state index >= 15 is 0 Å². The average molecular weight is 398 g/mol. The monoisotopic (exact) mass is 397 g/mol. The Bertz CT molecular complexity index is 949. The normalized spacial score (nSPS) is 16.6. The quantitative estimate of drug-likeness (QED) is 0.538. The van der Waals surface area contributed by atoms with Gasteiger partial charge in [0, 0.05) is 17.9 Å². The molecule has 0 bridgehead atoms. The van der Waals surface area contributed by atoms with Crippen molar-refractivity contribution in [3.63, 3.8) is 0 Å². The molecule has 1 aliphatic heterocycles. The van der Waals surface area contributed by atoms with E-state index in [4.69, 9.17) is 4.74 Å². The molecule has 0 aliphatic carbocycles. The number of benzene rings is 2. The van der Waals surface area contributed by atoms with E-state index in [1.165, 1.54) is 28.8 Å². The Morgan fingerprint density at radius 3 is 2.71 bits per heavy atom. The van der Waals surface area contributed by atoms with Gasteiger partial charge in [-0.15, -0.1) is 10.2 Å². The van der Waals surface area contributed by atoms with Crippen LogP contribution in [-0.2, 0) is 17.0 Å². The zero-order valence-electron chi connectivity index (χ0n) is 16.2. The van der Waals surface area contributed by atoms with Gasteiger partial charge in [0.05, 0.1) is 12.6 Å². The Morgan fingerprint density at radius 1 is 1.14 bits per heavy atom. The molecule has 1 aromatic heterocycles. The second-order valence-corrected chi connectivity index (χ2v) is 8.22. The zero-order chi connectivity index (χ0) is 19.5. The molecule has 1 aliphatic rings. The number of nitrogens with zero attached hydrogens (tertiary/aromatic N) is 3. The summed E-state index contributed by atoms with van der Waals surface area (Å²) in [5.41, 5.74) is 4.71. The summed E-state index contributed by atoms with van der Waals surface area (Å²) in [5.74, 6) is 1.35. The lowest BCUT2D eigenvalue weighted by Crippen LogP contribution is -2.16. The lowest BCUT2D eigenvalue weighted by atomic mass is 10.1. The van der Waals surface area contributed by atoms with Crippen molar-refractivity contribution in [3.8, 4) is 11.4 Å². The number of halogens is 1. The van der Waals surface area contributed by atoms with Gasteiger partial charge in [-0.25, -0.2) is 4.39 Å². The number of rotatable bonds is 6. The molecule has 2 aromatic carbocycles. The van der Waals surface area contributed by atoms with Gasteiger partial charge >= 0.3 is 0 Å². The predicted octanol–water partition coefficient (Wildman–Crippen LogP) is 5.17. The van der Waals surface area contributed by atoms with Crippen molar-refractivity contribution in [1.29, 1.82) is 0 Å². The van der Waals surface area contributed by atoms with Crippen molar-refractivity contribution < 1.29 is 9.13 Å². The Kier molecular flexibility index (Phi) is 5.78. The van der Waals surface area contributed by atoms with Gasteiger partial charge in [0.15, 0.2) is 11.0 Å². The summed E-state index contributed by atoms with van der Waals surface area (Å²) >= 11 is 1.68. The number of aryl methyl sites for hydroxylation is 2. The van der Waals surface area contributed by atoms with E-state index in [2.05, 4.69) is 46.8 Å². The van der Waals surface area contributed by atoms with Crippen LogP contribution in [0.1, 0.15) is 29.5 Å². The van der Waals surface area contributed by atoms with Crippen molar-refractivity contribution in [1.82, 2.24) is 14.8 Å². The minimum Gasteiger partial charge on any atom is -0.376 e. The molecule has 0 N–H and O–H groups in total. The third-order valence-corrected chi connectivity index (χ3v) is 6.11. The minimum absolute atomic E-state index is 0.176. The summed E-state index contributed by atoms with van der Waals surface area (Å²) < 4.78 is 21.3. The van der Waals surface area contributed by atoms with E-state index in [1.807, 2.05) is 0 Å². The highest BCUT2D eigenvalue weighted by atomic mass is 32.2. The Labute approximate surface area is 169 Å². The van der Waals surface area contributed by atoms with Crippen molar-refractivity contribution in [2.24, 2.45) is 0 Å². The van der Waals surface area contributed by atoms with Gasteiger partial charge in [-0.3, -0.25) is 4.57 Å². The Hall–Kier alpha value is -2.18. The summed E-state index contributed by atoms with van der Waals surface area (Å²) in [6.45, 7) is 5.77. The van der Waals surface area contributed by atoms with E-state index < -0.39 is 0 Å². The molecule has 1 fully saturated rings. The second-order valence-electron chi connectivity index (χ2n) is 7.28. The molecule has 2 heterocycles. The van der Waals surface area contributed by atoms with Crippen LogP contribution >= 0.6 is 11.8 Å². The van der Waals surface area contributed by atoms with E-state index in [1.54, 1.807) is 23.9 Å². The summed E-state index contributed by atoms with van der Waals surface area (Å²) in [5, 5.41) is 9.75. The fourth-order valence-corrected chi connectivity index (χ4v) is 4.47. The Balaban J connectivity index is 1.62. The topological polar surface area (TPSA) is 39.9 Å². The molecular weight excluding hydrogens is 373 g/mol. The van der Waals surface area contributed by atoms with Gasteiger partial charge in [0.25, 0.3) is 0 Å². The third kappa shape index (κ3) is 4.28.